The molecule has 66 valence electrons. The summed E-state index contributed by atoms with van der Waals surface area (Å²) in [6, 6.07) is 1.86. The second-order valence-electron chi connectivity index (χ2n) is 2.60. The number of nitrogens with zero attached hydrogens (tertiary/aromatic N) is 2. The molecule has 0 saturated heterocycles. The second-order valence-corrected chi connectivity index (χ2v) is 2.60. The Morgan fingerprint density at radius 2 is 2.50 bits per heavy atom. The van der Waals surface area contributed by atoms with E-state index in [0.29, 0.717) is 6.54 Å². The first-order valence-corrected chi connectivity index (χ1v) is 3.73. The highest BCUT2D eigenvalue weighted by Crippen LogP contribution is 1.95. The molecule has 1 rings (SSSR count). The van der Waals surface area contributed by atoms with E-state index in [0.717, 1.165) is 5.69 Å². The Hall–Kier alpha value is -1.16. The van der Waals surface area contributed by atoms with Crippen LogP contribution in [0.2, 0.25) is 0 Å². The molecule has 0 bridgehead atoms. The molecule has 0 aliphatic heterocycles. The van der Waals surface area contributed by atoms with Gasteiger partial charge in [-0.15, -0.1) is 0 Å². The normalized spacial score (nSPS) is 10.2. The van der Waals surface area contributed by atoms with Crippen LogP contribution >= 0.6 is 0 Å². The number of hydrogen-bond acceptors (Lipinski definition) is 3. The van der Waals surface area contributed by atoms with Crippen LogP contribution in [-0.2, 0) is 16.1 Å². The molecule has 0 atom stereocenters. The number of aryl methyl sites for hydroxylation is 1. The summed E-state index contributed by atoms with van der Waals surface area (Å²) in [5.74, 6) is 0.0318. The van der Waals surface area contributed by atoms with Crippen LogP contribution in [0.5, 0.6) is 0 Å². The van der Waals surface area contributed by atoms with E-state index in [1.54, 1.807) is 10.9 Å². The van der Waals surface area contributed by atoms with Crippen molar-refractivity contribution in [1.82, 2.24) is 9.78 Å². The summed E-state index contributed by atoms with van der Waals surface area (Å²) >= 11 is 0. The number of rotatable bonds is 4. The van der Waals surface area contributed by atoms with E-state index in [-0.39, 0.29) is 12.4 Å². The molecule has 0 aliphatic carbocycles. The fourth-order valence-corrected chi connectivity index (χ4v) is 0.938. The number of methoxy groups -OCH3 is 1. The summed E-state index contributed by atoms with van der Waals surface area (Å²) in [6.07, 6.45) is 1.68. The zero-order chi connectivity index (χ0) is 8.97. The molecule has 1 aromatic heterocycles. The number of carbonyl (C=O) groups excluding carboxylic acids is 1. The summed E-state index contributed by atoms with van der Waals surface area (Å²) in [6.45, 7) is 2.36. The molecule has 0 saturated carbocycles. The van der Waals surface area contributed by atoms with Gasteiger partial charge in [-0.1, -0.05) is 0 Å². The summed E-state index contributed by atoms with van der Waals surface area (Å²) in [7, 11) is 1.51. The first-order valence-electron chi connectivity index (χ1n) is 3.73. The topological polar surface area (TPSA) is 44.1 Å². The third kappa shape index (κ3) is 2.17. The lowest BCUT2D eigenvalue weighted by Crippen LogP contribution is -2.16. The quantitative estimate of drug-likeness (QED) is 0.654. The average Bonchev–Trinajstić information content (AvgIpc) is 2.37. The van der Waals surface area contributed by atoms with Gasteiger partial charge in [0.1, 0.15) is 13.2 Å². The average molecular weight is 168 g/mol. The van der Waals surface area contributed by atoms with E-state index < -0.39 is 0 Å². The molecule has 12 heavy (non-hydrogen) atoms. The van der Waals surface area contributed by atoms with Crippen molar-refractivity contribution in [3.05, 3.63) is 18.0 Å². The van der Waals surface area contributed by atoms with E-state index in [1.807, 2.05) is 13.0 Å². The monoisotopic (exact) mass is 168 g/mol. The summed E-state index contributed by atoms with van der Waals surface area (Å²) in [4.78, 5) is 11.1. The smallest absolute Gasteiger partial charge is 0.179 e. The van der Waals surface area contributed by atoms with E-state index in [1.165, 1.54) is 7.11 Å². The largest absolute Gasteiger partial charge is 0.377 e. The maximum Gasteiger partial charge on any atom is 0.179 e. The first-order chi connectivity index (χ1) is 5.74. The lowest BCUT2D eigenvalue weighted by molar-refractivity contribution is -0.123. The highest BCUT2D eigenvalue weighted by atomic mass is 16.5. The number of ketones is 1. The van der Waals surface area contributed by atoms with Crippen LogP contribution in [0.3, 0.4) is 0 Å². The Balaban J connectivity index is 2.52. The SMILES string of the molecule is COCC(=O)Cn1nccc1C. The maximum atomic E-state index is 11.1. The highest BCUT2D eigenvalue weighted by molar-refractivity contribution is 5.79. The predicted molar refractivity (Wildman–Crippen MR) is 43.8 cm³/mol. The van der Waals surface area contributed by atoms with Crippen molar-refractivity contribution in [2.75, 3.05) is 13.7 Å². The van der Waals surface area contributed by atoms with Crippen molar-refractivity contribution in [1.29, 1.82) is 0 Å². The number of aromatic nitrogens is 2. The molecule has 4 nitrogen and oxygen atoms in total. The minimum atomic E-state index is 0.0318. The van der Waals surface area contributed by atoms with Crippen LogP contribution in [0.15, 0.2) is 12.3 Å². The maximum absolute atomic E-state index is 11.1. The molecule has 4 heteroatoms. The lowest BCUT2D eigenvalue weighted by atomic mass is 10.4. The van der Waals surface area contributed by atoms with Crippen molar-refractivity contribution >= 4 is 5.78 Å². The zero-order valence-corrected chi connectivity index (χ0v) is 7.28. The van der Waals surface area contributed by atoms with Crippen LogP contribution in [0.25, 0.3) is 0 Å². The fourth-order valence-electron chi connectivity index (χ4n) is 0.938. The number of carbonyl (C=O) groups is 1. The third-order valence-electron chi connectivity index (χ3n) is 1.56. The standard InChI is InChI=1S/C8H12N2O2/c1-7-3-4-9-10(7)5-8(11)6-12-2/h3-4H,5-6H2,1-2H3. The van der Waals surface area contributed by atoms with Crippen LogP contribution in [-0.4, -0.2) is 29.3 Å². The summed E-state index contributed by atoms with van der Waals surface area (Å²) in [5, 5.41) is 3.98. The van der Waals surface area contributed by atoms with Crippen molar-refractivity contribution in [2.24, 2.45) is 0 Å². The number of hydrogen-bond donors (Lipinski definition) is 0. The van der Waals surface area contributed by atoms with E-state index in [4.69, 9.17) is 4.74 Å². The lowest BCUT2D eigenvalue weighted by Gasteiger charge is -2.01. The van der Waals surface area contributed by atoms with Gasteiger partial charge >= 0.3 is 0 Å². The van der Waals surface area contributed by atoms with E-state index in [2.05, 4.69) is 5.10 Å². The third-order valence-corrected chi connectivity index (χ3v) is 1.56. The predicted octanol–water partition coefficient (Wildman–Crippen LogP) is 0.407. The fraction of sp³-hybridized carbons (Fsp3) is 0.500. The van der Waals surface area contributed by atoms with Crippen molar-refractivity contribution in [3.8, 4) is 0 Å². The molecule has 0 aromatic carbocycles. The van der Waals surface area contributed by atoms with E-state index >= 15 is 0 Å². The molecule has 0 amide bonds. The van der Waals surface area contributed by atoms with Gasteiger partial charge in [-0.25, -0.2) is 0 Å². The van der Waals surface area contributed by atoms with Gasteiger partial charge in [0.25, 0.3) is 0 Å². The Labute approximate surface area is 71.1 Å². The second kappa shape index (κ2) is 4.01. The van der Waals surface area contributed by atoms with Crippen molar-refractivity contribution in [2.45, 2.75) is 13.5 Å². The highest BCUT2D eigenvalue weighted by Gasteiger charge is 2.03. The first kappa shape index (κ1) is 8.93. The van der Waals surface area contributed by atoms with Gasteiger partial charge in [-0.3, -0.25) is 9.48 Å². The van der Waals surface area contributed by atoms with Crippen LogP contribution in [0, 0.1) is 6.92 Å². The molecular formula is C8H12N2O2. The summed E-state index contributed by atoms with van der Waals surface area (Å²) < 4.78 is 6.36. The Bertz CT molecular complexity index is 268. The van der Waals surface area contributed by atoms with Crippen LogP contribution in [0.1, 0.15) is 5.69 Å². The Kier molecular flexibility index (Phi) is 2.99. The Morgan fingerprint density at radius 3 is 3.00 bits per heavy atom. The number of Topliss-reactive ketones (excluding diaryl/α,β-unsaturated/α-hetero) is 1. The van der Waals surface area contributed by atoms with Gasteiger partial charge in [-0.05, 0) is 13.0 Å². The van der Waals surface area contributed by atoms with Crippen molar-refractivity contribution < 1.29 is 9.53 Å². The molecule has 0 unspecified atom stereocenters. The van der Waals surface area contributed by atoms with Gasteiger partial charge in [-0.2, -0.15) is 5.10 Å². The van der Waals surface area contributed by atoms with Crippen LogP contribution in [0.4, 0.5) is 0 Å². The molecular weight excluding hydrogens is 156 g/mol. The van der Waals surface area contributed by atoms with Gasteiger partial charge in [0.15, 0.2) is 5.78 Å². The van der Waals surface area contributed by atoms with Gasteiger partial charge in [0.2, 0.25) is 0 Å². The minimum Gasteiger partial charge on any atom is -0.377 e. The van der Waals surface area contributed by atoms with Gasteiger partial charge < -0.3 is 4.74 Å². The minimum absolute atomic E-state index is 0.0318. The molecule has 0 spiro atoms. The van der Waals surface area contributed by atoms with Gasteiger partial charge in [0.05, 0.1) is 0 Å². The number of ether oxygens (including phenoxy) is 1. The van der Waals surface area contributed by atoms with Crippen molar-refractivity contribution in [3.63, 3.8) is 0 Å². The zero-order valence-electron chi connectivity index (χ0n) is 7.28. The van der Waals surface area contributed by atoms with Gasteiger partial charge in [0, 0.05) is 19.0 Å². The van der Waals surface area contributed by atoms with Crippen LogP contribution < -0.4 is 0 Å². The molecule has 0 fully saturated rings. The molecule has 0 aliphatic rings. The Morgan fingerprint density at radius 1 is 1.75 bits per heavy atom. The van der Waals surface area contributed by atoms with E-state index in [9.17, 15) is 4.79 Å². The summed E-state index contributed by atoms with van der Waals surface area (Å²) in [5.41, 5.74) is 0.986. The molecule has 0 N–H and O–H groups in total. The molecule has 1 heterocycles. The molecule has 0 radical (unpaired) electrons. The molecule has 1 aromatic rings.